The number of carbonyl (C=O) groups is 4. The van der Waals surface area contributed by atoms with Gasteiger partial charge in [0.1, 0.15) is 11.2 Å². The van der Waals surface area contributed by atoms with Crippen molar-refractivity contribution in [1.82, 2.24) is 0 Å². The van der Waals surface area contributed by atoms with Crippen molar-refractivity contribution in [2.45, 2.75) is 24.0 Å². The predicted molar refractivity (Wildman–Crippen MR) is 35.8 cm³/mol. The van der Waals surface area contributed by atoms with Crippen LogP contribution in [-0.2, 0) is 23.9 Å². The van der Waals surface area contributed by atoms with E-state index in [0.29, 0.717) is 0 Å². The normalized spacial score (nSPS) is 16.8. The van der Waals surface area contributed by atoms with E-state index in [9.17, 15) is 39.6 Å². The quantitative estimate of drug-likeness (QED) is 0.328. The molecule has 13 heteroatoms. The summed E-state index contributed by atoms with van der Waals surface area (Å²) in [7, 11) is 0. The van der Waals surface area contributed by atoms with E-state index in [0.717, 1.165) is 0 Å². The summed E-state index contributed by atoms with van der Waals surface area (Å²) in [5, 5.41) is 42.5. The molecular weight excluding hydrogens is 396 g/mol. The molecule has 1 aliphatic rings. The minimum Gasteiger partial charge on any atom is -0.547 e. The summed E-state index contributed by atoms with van der Waals surface area (Å²) in [4.78, 5) is 42.5. The predicted octanol–water partition coefficient (Wildman–Crippen LogP) is -18.7. The summed E-state index contributed by atoms with van der Waals surface area (Å²) in [6.45, 7) is 0. The molecule has 0 unspecified atom stereocenters. The molecule has 1 saturated heterocycles. The second-order valence-electron chi connectivity index (χ2n) is 3.41. The minimum absolute atomic E-state index is 0. The number of hydrogen-bond acceptors (Lipinski definition) is 9. The van der Waals surface area contributed by atoms with E-state index in [-0.39, 0.29) is 206 Å². The van der Waals surface area contributed by atoms with Crippen LogP contribution in [0.2, 0.25) is 0 Å². The fraction of sp³-hybridized carbons (Fsp3) is 0.500. The molecule has 1 aliphatic heterocycles. The third-order valence-electron chi connectivity index (χ3n) is 2.50. The van der Waals surface area contributed by atoms with Crippen LogP contribution in [0.5, 0.6) is 0 Å². The van der Waals surface area contributed by atoms with Crippen LogP contribution in [0.15, 0.2) is 0 Å². The molecule has 0 bridgehead atoms. The summed E-state index contributed by atoms with van der Waals surface area (Å²) < 4.78 is 4.13. The van der Waals surface area contributed by atoms with Crippen molar-refractivity contribution >= 4 is 23.9 Å². The zero-order chi connectivity index (χ0) is 13.4. The molecule has 0 radical (unpaired) electrons. The van der Waals surface area contributed by atoms with Crippen LogP contribution in [0.4, 0.5) is 0 Å². The Morgan fingerprint density at radius 2 is 0.810 bits per heavy atom. The monoisotopic (exact) mass is 400 g/mol. The molecule has 1 rings (SSSR count). The number of rotatable bonds is 4. The van der Waals surface area contributed by atoms with Gasteiger partial charge in [-0.2, -0.15) is 0 Å². The van der Waals surface area contributed by atoms with Gasteiger partial charge < -0.3 is 44.3 Å². The maximum Gasteiger partial charge on any atom is 1.00 e. The smallest absolute Gasteiger partial charge is 0.547 e. The molecule has 1 fully saturated rings. The van der Waals surface area contributed by atoms with Gasteiger partial charge in [-0.05, 0) is 12.8 Å². The summed E-state index contributed by atoms with van der Waals surface area (Å²) in [6, 6.07) is 0. The van der Waals surface area contributed by atoms with E-state index < -0.39 is 47.9 Å². The molecule has 0 amide bonds. The Morgan fingerprint density at radius 1 is 0.619 bits per heavy atom. The first-order valence-corrected chi connectivity index (χ1v) is 4.25. The molecule has 0 atom stereocenters. The fourth-order valence-electron chi connectivity index (χ4n) is 1.49. The summed E-state index contributed by atoms with van der Waals surface area (Å²) in [5.41, 5.74) is -6.28. The first-order chi connectivity index (χ1) is 7.69. The van der Waals surface area contributed by atoms with Crippen LogP contribution >= 0.6 is 0 Å². The Balaban J connectivity index is -0.000000361. The second-order valence-corrected chi connectivity index (χ2v) is 3.41. The van der Waals surface area contributed by atoms with Crippen LogP contribution in [0.1, 0.15) is 12.8 Å². The van der Waals surface area contributed by atoms with Crippen molar-refractivity contribution in [3.05, 3.63) is 0 Å². The SMILES string of the molecule is O=C([O-])C1(C(=O)[O-])CCC(C(=O)[O-])(C(=O)[O-])O1.[K+].[K+].[K+].[K+]. The Kier molecular flexibility index (Phi) is 21.3. The number of carbonyl (C=O) groups excluding carboxylic acids is 4. The standard InChI is InChI=1S/C8H8O9.4K/c9-3(10)7(4(11)12)1-2-8(17-7,5(13)14)6(15)16;;;;/h1-2H2,(H,9,10)(H,11,12)(H,13,14)(H,15,16);;;;/q;4*+1/p-4. The molecule has 0 aromatic carbocycles. The largest absolute Gasteiger partial charge is 1.00 e. The molecule has 0 aromatic heterocycles. The zero-order valence-electron chi connectivity index (χ0n) is 12.1. The number of carboxylic acid groups (broad SMARTS) is 4. The van der Waals surface area contributed by atoms with Crippen molar-refractivity contribution < 1.29 is 250 Å². The van der Waals surface area contributed by atoms with Crippen molar-refractivity contribution in [2.24, 2.45) is 0 Å². The Labute approximate surface area is 289 Å². The third kappa shape index (κ3) is 7.13. The number of hydrogen-bond donors (Lipinski definition) is 0. The molecular formula is C8H4K4O9. The minimum atomic E-state index is -3.14. The van der Waals surface area contributed by atoms with Gasteiger partial charge >= 0.3 is 206 Å². The first kappa shape index (κ1) is 33.0. The van der Waals surface area contributed by atoms with Gasteiger partial charge in [-0.1, -0.05) is 0 Å². The molecule has 94 valence electrons. The molecule has 0 spiro atoms. The average Bonchev–Trinajstić information content (AvgIpc) is 2.59. The number of ether oxygens (including phenoxy) is 1. The van der Waals surface area contributed by atoms with E-state index in [1.165, 1.54) is 0 Å². The Morgan fingerprint density at radius 3 is 0.905 bits per heavy atom. The van der Waals surface area contributed by atoms with E-state index in [4.69, 9.17) is 0 Å². The summed E-state index contributed by atoms with van der Waals surface area (Å²) in [5.74, 6) is -9.22. The summed E-state index contributed by atoms with van der Waals surface area (Å²) in [6.07, 6.45) is -1.89. The van der Waals surface area contributed by atoms with E-state index in [1.54, 1.807) is 0 Å². The molecule has 21 heavy (non-hydrogen) atoms. The van der Waals surface area contributed by atoms with Crippen LogP contribution in [0, 0.1) is 0 Å². The maximum atomic E-state index is 10.6. The average molecular weight is 401 g/mol. The van der Waals surface area contributed by atoms with Crippen molar-refractivity contribution in [1.29, 1.82) is 0 Å². The fourth-order valence-corrected chi connectivity index (χ4v) is 1.49. The van der Waals surface area contributed by atoms with Gasteiger partial charge in [-0.3, -0.25) is 0 Å². The van der Waals surface area contributed by atoms with Crippen molar-refractivity contribution in [3.8, 4) is 0 Å². The Bertz CT molecular complexity index is 358. The second kappa shape index (κ2) is 13.5. The molecule has 0 N–H and O–H groups in total. The molecule has 9 nitrogen and oxygen atoms in total. The van der Waals surface area contributed by atoms with Crippen molar-refractivity contribution in [2.75, 3.05) is 0 Å². The number of aliphatic carboxylic acids is 4. The molecule has 0 aliphatic carbocycles. The maximum absolute atomic E-state index is 10.6. The van der Waals surface area contributed by atoms with Gasteiger partial charge in [-0.25, -0.2) is 0 Å². The van der Waals surface area contributed by atoms with Gasteiger partial charge in [0.05, 0.1) is 23.9 Å². The van der Waals surface area contributed by atoms with Gasteiger partial charge in [0.25, 0.3) is 0 Å². The van der Waals surface area contributed by atoms with E-state index in [1.807, 2.05) is 0 Å². The van der Waals surface area contributed by atoms with Gasteiger partial charge in [0.15, 0.2) is 0 Å². The first-order valence-electron chi connectivity index (χ1n) is 4.25. The molecule has 1 heterocycles. The zero-order valence-corrected chi connectivity index (χ0v) is 24.6. The Hall–Kier alpha value is 4.39. The molecule has 0 aromatic rings. The van der Waals surface area contributed by atoms with E-state index >= 15 is 0 Å². The van der Waals surface area contributed by atoms with Crippen LogP contribution in [-0.4, -0.2) is 35.1 Å². The van der Waals surface area contributed by atoms with E-state index in [2.05, 4.69) is 4.74 Å². The van der Waals surface area contributed by atoms with Crippen LogP contribution < -0.4 is 226 Å². The van der Waals surface area contributed by atoms with Crippen LogP contribution in [0.3, 0.4) is 0 Å². The number of carboxylic acids is 4. The van der Waals surface area contributed by atoms with Gasteiger partial charge in [0, 0.05) is 0 Å². The van der Waals surface area contributed by atoms with Gasteiger partial charge in [0.2, 0.25) is 0 Å². The third-order valence-corrected chi connectivity index (χ3v) is 2.50. The molecule has 0 saturated carbocycles. The summed E-state index contributed by atoms with van der Waals surface area (Å²) >= 11 is 0. The van der Waals surface area contributed by atoms with Crippen molar-refractivity contribution in [3.63, 3.8) is 0 Å². The topological polar surface area (TPSA) is 170 Å². The van der Waals surface area contributed by atoms with Gasteiger partial charge in [-0.15, -0.1) is 0 Å². The van der Waals surface area contributed by atoms with Crippen LogP contribution in [0.25, 0.3) is 0 Å².